The van der Waals surface area contributed by atoms with Crippen LogP contribution < -0.4 is 0 Å². The topological polar surface area (TPSA) is 46.1 Å². The van der Waals surface area contributed by atoms with E-state index in [2.05, 4.69) is 9.97 Å². The van der Waals surface area contributed by atoms with Gasteiger partial charge in [-0.2, -0.15) is 0 Å². The summed E-state index contributed by atoms with van der Waals surface area (Å²) in [5.74, 6) is 0.836. The van der Waals surface area contributed by atoms with Crippen molar-refractivity contribution < 1.29 is 4.79 Å². The van der Waals surface area contributed by atoms with Crippen LogP contribution in [0.5, 0.6) is 0 Å². The first-order valence-electron chi connectivity index (χ1n) is 4.92. The number of halogens is 1. The quantitative estimate of drug-likeness (QED) is 0.718. The molecule has 1 saturated heterocycles. The summed E-state index contributed by atoms with van der Waals surface area (Å²) in [5, 5.41) is 0.446. The second kappa shape index (κ2) is 4.14. The summed E-state index contributed by atoms with van der Waals surface area (Å²) < 4.78 is 0. The molecule has 0 radical (unpaired) electrons. The zero-order valence-electron chi connectivity index (χ0n) is 8.53. The molecule has 1 fully saturated rings. The number of aryl methyl sites for hydroxylation is 1. The van der Waals surface area contributed by atoms with Crippen LogP contribution in [0, 0.1) is 6.92 Å². The minimum atomic E-state index is 0.187. The lowest BCUT2D eigenvalue weighted by molar-refractivity contribution is -0.128. The molecule has 1 aromatic rings. The highest BCUT2D eigenvalue weighted by molar-refractivity contribution is 6.30. The highest BCUT2D eigenvalue weighted by Crippen LogP contribution is 2.18. The Morgan fingerprint density at radius 3 is 3.00 bits per heavy atom. The van der Waals surface area contributed by atoms with Crippen molar-refractivity contribution in [2.75, 3.05) is 6.54 Å². The SMILES string of the molecule is Cc1ncc(CN2CCCC2=O)c(Cl)n1. The number of hydrogen-bond donors (Lipinski definition) is 0. The fourth-order valence-corrected chi connectivity index (χ4v) is 1.88. The van der Waals surface area contributed by atoms with Crippen LogP contribution >= 0.6 is 11.6 Å². The molecule has 80 valence electrons. The van der Waals surface area contributed by atoms with Crippen LogP contribution in [0.3, 0.4) is 0 Å². The second-order valence-corrected chi connectivity index (χ2v) is 4.01. The molecule has 4 nitrogen and oxygen atoms in total. The maximum absolute atomic E-state index is 11.4. The van der Waals surface area contributed by atoms with Crippen molar-refractivity contribution in [1.82, 2.24) is 14.9 Å². The van der Waals surface area contributed by atoms with E-state index >= 15 is 0 Å². The van der Waals surface area contributed by atoms with Gasteiger partial charge in [0.1, 0.15) is 11.0 Å². The number of nitrogens with zero attached hydrogens (tertiary/aromatic N) is 3. The third-order valence-electron chi connectivity index (χ3n) is 2.46. The van der Waals surface area contributed by atoms with Crippen molar-refractivity contribution in [3.63, 3.8) is 0 Å². The van der Waals surface area contributed by atoms with E-state index in [1.54, 1.807) is 18.0 Å². The number of amides is 1. The van der Waals surface area contributed by atoms with E-state index in [1.807, 2.05) is 0 Å². The van der Waals surface area contributed by atoms with E-state index in [0.717, 1.165) is 18.5 Å². The van der Waals surface area contributed by atoms with Crippen molar-refractivity contribution in [3.05, 3.63) is 22.7 Å². The minimum Gasteiger partial charge on any atom is -0.338 e. The molecule has 0 aliphatic carbocycles. The van der Waals surface area contributed by atoms with E-state index in [0.29, 0.717) is 23.9 Å². The molecule has 2 rings (SSSR count). The standard InChI is InChI=1S/C10H12ClN3O/c1-7-12-5-8(10(11)13-7)6-14-4-2-3-9(14)15/h5H,2-4,6H2,1H3. The fourth-order valence-electron chi connectivity index (χ4n) is 1.65. The molecule has 2 heterocycles. The summed E-state index contributed by atoms with van der Waals surface area (Å²) in [6.07, 6.45) is 3.27. The lowest BCUT2D eigenvalue weighted by atomic mass is 10.3. The van der Waals surface area contributed by atoms with Crippen LogP contribution in [0.1, 0.15) is 24.2 Å². The Kier molecular flexibility index (Phi) is 2.86. The Morgan fingerprint density at radius 1 is 1.60 bits per heavy atom. The number of carbonyl (C=O) groups excluding carboxylic acids is 1. The molecule has 0 spiro atoms. The van der Waals surface area contributed by atoms with Gasteiger partial charge in [0, 0.05) is 24.7 Å². The zero-order chi connectivity index (χ0) is 10.8. The molecule has 0 atom stereocenters. The van der Waals surface area contributed by atoms with E-state index < -0.39 is 0 Å². The number of aromatic nitrogens is 2. The fraction of sp³-hybridized carbons (Fsp3) is 0.500. The lowest BCUT2D eigenvalue weighted by Gasteiger charge is -2.15. The maximum atomic E-state index is 11.4. The molecule has 1 aliphatic rings. The predicted molar refractivity (Wildman–Crippen MR) is 56.4 cm³/mol. The van der Waals surface area contributed by atoms with Crippen LogP contribution in [0.4, 0.5) is 0 Å². The van der Waals surface area contributed by atoms with E-state index in [-0.39, 0.29) is 5.91 Å². The molecule has 1 aliphatic heterocycles. The van der Waals surface area contributed by atoms with Gasteiger partial charge in [0.25, 0.3) is 0 Å². The normalized spacial score (nSPS) is 16.1. The first kappa shape index (κ1) is 10.4. The molecule has 0 saturated carbocycles. The highest BCUT2D eigenvalue weighted by Gasteiger charge is 2.21. The molecule has 15 heavy (non-hydrogen) atoms. The minimum absolute atomic E-state index is 0.187. The van der Waals surface area contributed by atoms with E-state index in [1.165, 1.54) is 0 Å². The summed E-state index contributed by atoms with van der Waals surface area (Å²) >= 11 is 5.97. The van der Waals surface area contributed by atoms with Gasteiger partial charge in [0.2, 0.25) is 5.91 Å². The third-order valence-corrected chi connectivity index (χ3v) is 2.79. The van der Waals surface area contributed by atoms with Gasteiger partial charge in [-0.15, -0.1) is 0 Å². The van der Waals surface area contributed by atoms with Gasteiger partial charge in [-0.3, -0.25) is 4.79 Å². The van der Waals surface area contributed by atoms with Crippen molar-refractivity contribution in [2.24, 2.45) is 0 Å². The number of likely N-dealkylation sites (tertiary alicyclic amines) is 1. The van der Waals surface area contributed by atoms with Crippen LogP contribution in [0.25, 0.3) is 0 Å². The molecule has 1 aromatic heterocycles. The number of rotatable bonds is 2. The average Bonchev–Trinajstić information content (AvgIpc) is 2.57. The smallest absolute Gasteiger partial charge is 0.222 e. The van der Waals surface area contributed by atoms with Gasteiger partial charge in [-0.1, -0.05) is 11.6 Å². The number of carbonyl (C=O) groups is 1. The van der Waals surface area contributed by atoms with Gasteiger partial charge in [0.05, 0.1) is 6.54 Å². The Balaban J connectivity index is 2.13. The molecule has 0 bridgehead atoms. The van der Waals surface area contributed by atoms with Crippen LogP contribution in [-0.2, 0) is 11.3 Å². The third kappa shape index (κ3) is 2.26. The summed E-state index contributed by atoms with van der Waals surface area (Å²) in [6.45, 7) is 3.12. The van der Waals surface area contributed by atoms with Crippen LogP contribution in [-0.4, -0.2) is 27.3 Å². The summed E-state index contributed by atoms with van der Waals surface area (Å²) in [5.41, 5.74) is 0.817. The van der Waals surface area contributed by atoms with Crippen molar-refractivity contribution in [1.29, 1.82) is 0 Å². The Labute approximate surface area is 93.3 Å². The zero-order valence-corrected chi connectivity index (χ0v) is 9.29. The Morgan fingerprint density at radius 2 is 2.40 bits per heavy atom. The van der Waals surface area contributed by atoms with Crippen LogP contribution in [0.2, 0.25) is 5.15 Å². The van der Waals surface area contributed by atoms with E-state index in [4.69, 9.17) is 11.6 Å². The molecular weight excluding hydrogens is 214 g/mol. The molecule has 0 N–H and O–H groups in total. The first-order chi connectivity index (χ1) is 7.16. The largest absolute Gasteiger partial charge is 0.338 e. The molecule has 5 heteroatoms. The first-order valence-corrected chi connectivity index (χ1v) is 5.30. The van der Waals surface area contributed by atoms with Gasteiger partial charge < -0.3 is 4.90 Å². The summed E-state index contributed by atoms with van der Waals surface area (Å²) in [4.78, 5) is 21.3. The average molecular weight is 226 g/mol. The van der Waals surface area contributed by atoms with Crippen molar-refractivity contribution >= 4 is 17.5 Å². The summed E-state index contributed by atoms with van der Waals surface area (Å²) in [6, 6.07) is 0. The second-order valence-electron chi connectivity index (χ2n) is 3.65. The Hall–Kier alpha value is -1.16. The predicted octanol–water partition coefficient (Wildman–Crippen LogP) is 1.56. The molecule has 1 amide bonds. The lowest BCUT2D eigenvalue weighted by Crippen LogP contribution is -2.24. The van der Waals surface area contributed by atoms with Crippen molar-refractivity contribution in [3.8, 4) is 0 Å². The number of hydrogen-bond acceptors (Lipinski definition) is 3. The van der Waals surface area contributed by atoms with E-state index in [9.17, 15) is 4.79 Å². The van der Waals surface area contributed by atoms with Gasteiger partial charge in [-0.25, -0.2) is 9.97 Å². The van der Waals surface area contributed by atoms with Crippen LogP contribution in [0.15, 0.2) is 6.20 Å². The Bertz CT molecular complexity index is 394. The van der Waals surface area contributed by atoms with Gasteiger partial charge >= 0.3 is 0 Å². The maximum Gasteiger partial charge on any atom is 0.222 e. The molecule has 0 unspecified atom stereocenters. The van der Waals surface area contributed by atoms with Gasteiger partial charge in [0.15, 0.2) is 0 Å². The monoisotopic (exact) mass is 225 g/mol. The van der Waals surface area contributed by atoms with Gasteiger partial charge in [-0.05, 0) is 13.3 Å². The highest BCUT2D eigenvalue weighted by atomic mass is 35.5. The van der Waals surface area contributed by atoms with Crippen molar-refractivity contribution in [2.45, 2.75) is 26.3 Å². The summed E-state index contributed by atoms with van der Waals surface area (Å²) in [7, 11) is 0. The molecular formula is C10H12ClN3O. The molecule has 0 aromatic carbocycles.